The minimum absolute atomic E-state index is 0.0411. The maximum atomic E-state index is 12.6. The molecular weight excluding hydrogens is 307 g/mol. The highest BCUT2D eigenvalue weighted by molar-refractivity contribution is 9.10. The van der Waals surface area contributed by atoms with Gasteiger partial charge in [0.25, 0.3) is 5.69 Å². The van der Waals surface area contributed by atoms with Crippen molar-refractivity contribution in [1.82, 2.24) is 0 Å². The van der Waals surface area contributed by atoms with Gasteiger partial charge in [0.1, 0.15) is 5.56 Å². The number of ketones is 1. The van der Waals surface area contributed by atoms with E-state index in [4.69, 9.17) is 0 Å². The Morgan fingerprint density at radius 3 is 2.29 bits per heavy atom. The zero-order valence-corrected chi connectivity index (χ0v) is 9.92. The Bertz CT molecular complexity index is 499. The number of Topliss-reactive ketones (excluding diaryl/α,β-unsaturated/α-hetero) is 1. The first-order chi connectivity index (χ1) is 7.64. The van der Waals surface area contributed by atoms with Gasteiger partial charge in [-0.25, -0.2) is 0 Å². The van der Waals surface area contributed by atoms with Crippen molar-refractivity contribution in [2.75, 3.05) is 0 Å². The number of carbonyl (C=O) groups excluding carboxylic acids is 1. The first-order valence-corrected chi connectivity index (χ1v) is 5.00. The van der Waals surface area contributed by atoms with Crippen molar-refractivity contribution >= 4 is 27.4 Å². The molecule has 1 aromatic rings. The van der Waals surface area contributed by atoms with Crippen LogP contribution in [0.2, 0.25) is 0 Å². The van der Waals surface area contributed by atoms with Crippen LogP contribution in [0.5, 0.6) is 0 Å². The van der Waals surface area contributed by atoms with E-state index in [2.05, 4.69) is 15.9 Å². The highest BCUT2D eigenvalue weighted by atomic mass is 79.9. The summed E-state index contributed by atoms with van der Waals surface area (Å²) in [7, 11) is 0. The largest absolute Gasteiger partial charge is 0.423 e. The molecule has 0 aliphatic rings. The van der Waals surface area contributed by atoms with Gasteiger partial charge in [0.2, 0.25) is 0 Å². The number of hydrogen-bond donors (Lipinski definition) is 0. The molecule has 8 heteroatoms. The molecule has 0 fully saturated rings. The number of benzene rings is 1. The first-order valence-electron chi connectivity index (χ1n) is 4.20. The van der Waals surface area contributed by atoms with E-state index in [0.717, 1.165) is 13.0 Å². The van der Waals surface area contributed by atoms with E-state index < -0.39 is 33.7 Å². The van der Waals surface area contributed by atoms with Crippen LogP contribution >= 0.6 is 15.9 Å². The summed E-state index contributed by atoms with van der Waals surface area (Å²) in [6.45, 7) is 0.967. The molecule has 0 atom stereocenters. The molecule has 0 radical (unpaired) electrons. The van der Waals surface area contributed by atoms with E-state index in [1.54, 1.807) is 0 Å². The Hall–Kier alpha value is -1.44. The molecule has 0 unspecified atom stereocenters. The summed E-state index contributed by atoms with van der Waals surface area (Å²) < 4.78 is 37.7. The molecule has 1 rings (SSSR count). The zero-order valence-electron chi connectivity index (χ0n) is 8.34. The van der Waals surface area contributed by atoms with Crippen molar-refractivity contribution in [2.45, 2.75) is 13.1 Å². The highest BCUT2D eigenvalue weighted by Gasteiger charge is 2.40. The molecule has 0 spiro atoms. The molecule has 0 N–H and O–H groups in total. The van der Waals surface area contributed by atoms with E-state index in [1.807, 2.05) is 0 Å². The second-order valence-corrected chi connectivity index (χ2v) is 4.08. The van der Waals surface area contributed by atoms with Crippen molar-refractivity contribution < 1.29 is 22.9 Å². The molecule has 0 aliphatic carbocycles. The molecule has 0 amide bonds. The number of nitro benzene ring substituents is 1. The maximum Gasteiger partial charge on any atom is 0.423 e. The summed E-state index contributed by atoms with van der Waals surface area (Å²) in [5.41, 5.74) is -3.23. The van der Waals surface area contributed by atoms with Gasteiger partial charge in [-0.15, -0.1) is 0 Å². The monoisotopic (exact) mass is 311 g/mol. The lowest BCUT2D eigenvalue weighted by molar-refractivity contribution is -0.388. The van der Waals surface area contributed by atoms with Crippen LogP contribution in [0.25, 0.3) is 0 Å². The minimum atomic E-state index is -4.89. The summed E-state index contributed by atoms with van der Waals surface area (Å²) >= 11 is 2.78. The van der Waals surface area contributed by atoms with Gasteiger partial charge in [-0.1, -0.05) is 15.9 Å². The third-order valence-corrected chi connectivity index (χ3v) is 2.40. The lowest BCUT2D eigenvalue weighted by atomic mass is 10.0. The van der Waals surface area contributed by atoms with Gasteiger partial charge in [-0.2, -0.15) is 13.2 Å². The van der Waals surface area contributed by atoms with E-state index in [9.17, 15) is 28.1 Å². The molecule has 0 saturated carbocycles. The van der Waals surface area contributed by atoms with Crippen LogP contribution in [-0.2, 0) is 6.18 Å². The molecule has 4 nitrogen and oxygen atoms in total. The average molecular weight is 312 g/mol. The van der Waals surface area contributed by atoms with E-state index >= 15 is 0 Å². The second kappa shape index (κ2) is 4.44. The standard InChI is InChI=1S/C9H5BrF3NO3/c1-4(15)6-2-5(10)3-7(9(11,12)13)8(6)14(16)17/h2-3H,1H3. The summed E-state index contributed by atoms with van der Waals surface area (Å²) in [6.07, 6.45) is -4.89. The maximum absolute atomic E-state index is 12.6. The van der Waals surface area contributed by atoms with Gasteiger partial charge < -0.3 is 0 Å². The van der Waals surface area contributed by atoms with Crippen LogP contribution < -0.4 is 0 Å². The van der Waals surface area contributed by atoms with E-state index in [-0.39, 0.29) is 4.47 Å². The lowest BCUT2D eigenvalue weighted by Crippen LogP contribution is -2.12. The van der Waals surface area contributed by atoms with Crippen molar-refractivity contribution in [2.24, 2.45) is 0 Å². The van der Waals surface area contributed by atoms with Crippen molar-refractivity contribution in [3.8, 4) is 0 Å². The predicted molar refractivity (Wildman–Crippen MR) is 55.8 cm³/mol. The Morgan fingerprint density at radius 2 is 1.94 bits per heavy atom. The molecule has 0 aliphatic heterocycles. The van der Waals surface area contributed by atoms with Crippen LogP contribution in [-0.4, -0.2) is 10.7 Å². The Morgan fingerprint density at radius 1 is 1.41 bits per heavy atom. The molecular formula is C9H5BrF3NO3. The van der Waals surface area contributed by atoms with Gasteiger partial charge in [0.15, 0.2) is 5.78 Å². The summed E-state index contributed by atoms with van der Waals surface area (Å²) in [4.78, 5) is 20.6. The third-order valence-electron chi connectivity index (χ3n) is 1.94. The Labute approximate surface area is 102 Å². The molecule has 92 valence electrons. The quantitative estimate of drug-likeness (QED) is 0.476. The molecule has 0 bridgehead atoms. The van der Waals surface area contributed by atoms with Gasteiger partial charge in [0, 0.05) is 4.47 Å². The Kier molecular flexibility index (Phi) is 3.56. The van der Waals surface area contributed by atoms with Crippen molar-refractivity contribution in [3.05, 3.63) is 37.8 Å². The molecule has 0 saturated heterocycles. The van der Waals surface area contributed by atoms with Crippen LogP contribution in [0.3, 0.4) is 0 Å². The zero-order chi connectivity index (χ0) is 13.4. The van der Waals surface area contributed by atoms with Gasteiger partial charge >= 0.3 is 6.18 Å². The van der Waals surface area contributed by atoms with E-state index in [1.165, 1.54) is 0 Å². The number of halogens is 4. The van der Waals surface area contributed by atoms with E-state index in [0.29, 0.717) is 6.07 Å². The number of nitrogens with zero attached hydrogens (tertiary/aromatic N) is 1. The van der Waals surface area contributed by atoms with Gasteiger partial charge in [0.05, 0.1) is 10.5 Å². The van der Waals surface area contributed by atoms with Gasteiger partial charge in [-0.05, 0) is 19.1 Å². The minimum Gasteiger partial charge on any atom is -0.294 e. The average Bonchev–Trinajstić information content (AvgIpc) is 2.14. The molecule has 17 heavy (non-hydrogen) atoms. The summed E-state index contributed by atoms with van der Waals surface area (Å²) in [6, 6.07) is 1.57. The first kappa shape index (κ1) is 13.6. The predicted octanol–water partition coefficient (Wildman–Crippen LogP) is 3.58. The SMILES string of the molecule is CC(=O)c1cc(Br)cc(C(F)(F)F)c1[N+](=O)[O-]. The smallest absolute Gasteiger partial charge is 0.294 e. The number of hydrogen-bond acceptors (Lipinski definition) is 3. The number of rotatable bonds is 2. The third kappa shape index (κ3) is 2.82. The van der Waals surface area contributed by atoms with Crippen LogP contribution in [0.15, 0.2) is 16.6 Å². The lowest BCUT2D eigenvalue weighted by Gasteiger charge is -2.10. The summed E-state index contributed by atoms with van der Waals surface area (Å²) in [5, 5.41) is 10.6. The fourth-order valence-corrected chi connectivity index (χ4v) is 1.74. The fourth-order valence-electron chi connectivity index (χ4n) is 1.28. The molecule has 1 aromatic carbocycles. The van der Waals surface area contributed by atoms with Crippen LogP contribution in [0, 0.1) is 10.1 Å². The topological polar surface area (TPSA) is 60.2 Å². The molecule has 0 heterocycles. The number of alkyl halides is 3. The normalized spacial score (nSPS) is 11.4. The second-order valence-electron chi connectivity index (χ2n) is 3.16. The van der Waals surface area contributed by atoms with Crippen LogP contribution in [0.4, 0.5) is 18.9 Å². The van der Waals surface area contributed by atoms with Crippen LogP contribution in [0.1, 0.15) is 22.8 Å². The van der Waals surface area contributed by atoms with Crippen molar-refractivity contribution in [1.29, 1.82) is 0 Å². The number of nitro groups is 1. The Balaban J connectivity index is 3.70. The summed E-state index contributed by atoms with van der Waals surface area (Å²) in [5.74, 6) is -0.802. The highest BCUT2D eigenvalue weighted by Crippen LogP contribution is 2.39. The van der Waals surface area contributed by atoms with Gasteiger partial charge in [-0.3, -0.25) is 14.9 Å². The van der Waals surface area contributed by atoms with Crippen molar-refractivity contribution in [3.63, 3.8) is 0 Å². The number of carbonyl (C=O) groups is 1. The fraction of sp³-hybridized carbons (Fsp3) is 0.222. The molecule has 0 aromatic heterocycles.